The molecule has 1 saturated heterocycles. The average molecular weight is 462 g/mol. The second-order valence-electron chi connectivity index (χ2n) is 7.29. The lowest BCUT2D eigenvalue weighted by Gasteiger charge is -2.12. The summed E-state index contributed by atoms with van der Waals surface area (Å²) in [5, 5.41) is 3.18. The van der Waals surface area contributed by atoms with Crippen LogP contribution in [0.2, 0.25) is 0 Å². The van der Waals surface area contributed by atoms with Crippen molar-refractivity contribution in [2.45, 2.75) is 20.5 Å². The molecule has 0 spiro atoms. The first kappa shape index (κ1) is 22.0. The standard InChI is InChI=1S/C25H23N3O2S2/c1-4-13-28-23(29)22(32-25(28)27-24-26-18(3)16-31-24)14-20-7-5-6-8-21(20)30-15-19-11-9-17(2)10-12-19/h4-12,14,16H,1,13,15H2,2-3H3/b22-14-,27-25+. The molecule has 2 heterocycles. The number of aryl methyl sites for hydroxylation is 2. The number of hydrogen-bond acceptors (Lipinski definition) is 6. The lowest BCUT2D eigenvalue weighted by molar-refractivity contribution is -0.121. The SMILES string of the molecule is C=CCN1C(=O)/C(=C/c2ccccc2OCc2ccc(C)cc2)S/C1=N/c1nc(C)cs1. The summed E-state index contributed by atoms with van der Waals surface area (Å²) in [6, 6.07) is 16.0. The third-order valence-corrected chi connectivity index (χ3v) is 6.58. The molecule has 3 aromatic rings. The molecule has 0 aliphatic carbocycles. The first-order chi connectivity index (χ1) is 15.5. The van der Waals surface area contributed by atoms with Gasteiger partial charge in [-0.2, -0.15) is 4.99 Å². The molecule has 0 unspecified atom stereocenters. The first-order valence-electron chi connectivity index (χ1n) is 10.1. The van der Waals surface area contributed by atoms with E-state index in [-0.39, 0.29) is 5.91 Å². The van der Waals surface area contributed by atoms with Crippen molar-refractivity contribution in [1.82, 2.24) is 9.88 Å². The van der Waals surface area contributed by atoms with E-state index in [0.29, 0.717) is 28.4 Å². The van der Waals surface area contributed by atoms with Crippen LogP contribution in [-0.2, 0) is 11.4 Å². The number of amidine groups is 1. The van der Waals surface area contributed by atoms with Crippen LogP contribution in [0.4, 0.5) is 5.13 Å². The number of thiazole rings is 1. The molecule has 1 aromatic heterocycles. The van der Waals surface area contributed by atoms with E-state index in [1.165, 1.54) is 28.7 Å². The van der Waals surface area contributed by atoms with Crippen molar-refractivity contribution in [2.75, 3.05) is 6.54 Å². The zero-order valence-corrected chi connectivity index (χ0v) is 19.6. The van der Waals surface area contributed by atoms with Gasteiger partial charge in [-0.15, -0.1) is 17.9 Å². The maximum atomic E-state index is 13.1. The molecule has 0 saturated carbocycles. The van der Waals surface area contributed by atoms with Gasteiger partial charge in [-0.3, -0.25) is 9.69 Å². The van der Waals surface area contributed by atoms with Crippen molar-refractivity contribution in [1.29, 1.82) is 0 Å². The summed E-state index contributed by atoms with van der Waals surface area (Å²) in [5.74, 6) is 0.625. The topological polar surface area (TPSA) is 54.8 Å². The van der Waals surface area contributed by atoms with Gasteiger partial charge in [0.1, 0.15) is 12.4 Å². The van der Waals surface area contributed by atoms with Gasteiger partial charge in [0.2, 0.25) is 5.13 Å². The molecule has 5 nitrogen and oxygen atoms in total. The van der Waals surface area contributed by atoms with Crippen molar-refractivity contribution < 1.29 is 9.53 Å². The number of aliphatic imine (C=N–C) groups is 1. The summed E-state index contributed by atoms with van der Waals surface area (Å²) in [7, 11) is 0. The van der Waals surface area contributed by atoms with Gasteiger partial charge in [0.15, 0.2) is 5.17 Å². The number of amides is 1. The molecule has 1 aliphatic rings. The molecule has 1 amide bonds. The van der Waals surface area contributed by atoms with Gasteiger partial charge in [-0.05, 0) is 43.3 Å². The Kier molecular flexibility index (Phi) is 6.87. The van der Waals surface area contributed by atoms with Gasteiger partial charge in [0.25, 0.3) is 5.91 Å². The molecule has 7 heteroatoms. The van der Waals surface area contributed by atoms with Gasteiger partial charge in [-0.25, -0.2) is 4.98 Å². The Morgan fingerprint density at radius 1 is 1.16 bits per heavy atom. The third kappa shape index (κ3) is 5.18. The van der Waals surface area contributed by atoms with Gasteiger partial charge < -0.3 is 4.74 Å². The van der Waals surface area contributed by atoms with E-state index < -0.39 is 0 Å². The summed E-state index contributed by atoms with van der Waals surface area (Å²) in [5.41, 5.74) is 4.06. The van der Waals surface area contributed by atoms with Crippen LogP contribution in [0.25, 0.3) is 6.08 Å². The number of nitrogens with zero attached hydrogens (tertiary/aromatic N) is 3. The molecular weight excluding hydrogens is 438 g/mol. The number of para-hydroxylation sites is 1. The number of aromatic nitrogens is 1. The Bertz CT molecular complexity index is 1200. The lowest BCUT2D eigenvalue weighted by atomic mass is 10.1. The van der Waals surface area contributed by atoms with Crippen LogP contribution in [0.15, 0.2) is 76.5 Å². The Hall–Kier alpha value is -3.16. The summed E-state index contributed by atoms with van der Waals surface area (Å²) in [4.78, 5) is 24.3. The lowest BCUT2D eigenvalue weighted by Crippen LogP contribution is -2.29. The number of hydrogen-bond donors (Lipinski definition) is 0. The zero-order chi connectivity index (χ0) is 22.5. The van der Waals surface area contributed by atoms with Crippen molar-refractivity contribution in [3.05, 3.63) is 93.9 Å². The molecule has 162 valence electrons. The Labute approximate surface area is 196 Å². The van der Waals surface area contributed by atoms with E-state index in [2.05, 4.69) is 47.7 Å². The van der Waals surface area contributed by atoms with Crippen LogP contribution in [0.3, 0.4) is 0 Å². The average Bonchev–Trinajstić information content (AvgIpc) is 3.32. The number of benzene rings is 2. The fourth-order valence-electron chi connectivity index (χ4n) is 3.07. The predicted octanol–water partition coefficient (Wildman–Crippen LogP) is 6.13. The largest absolute Gasteiger partial charge is 0.488 e. The molecule has 0 bridgehead atoms. The Balaban J connectivity index is 1.59. The summed E-state index contributed by atoms with van der Waals surface area (Å²) >= 11 is 2.80. The van der Waals surface area contributed by atoms with Gasteiger partial charge in [-0.1, -0.05) is 54.1 Å². The molecule has 0 atom stereocenters. The Morgan fingerprint density at radius 3 is 2.66 bits per heavy atom. The maximum Gasteiger partial charge on any atom is 0.267 e. The number of ether oxygens (including phenoxy) is 1. The van der Waals surface area contributed by atoms with Crippen molar-refractivity contribution in [2.24, 2.45) is 4.99 Å². The normalized spacial score (nSPS) is 16.2. The van der Waals surface area contributed by atoms with E-state index in [1.54, 1.807) is 11.0 Å². The predicted molar refractivity (Wildman–Crippen MR) is 133 cm³/mol. The monoisotopic (exact) mass is 461 g/mol. The van der Waals surface area contributed by atoms with E-state index in [4.69, 9.17) is 4.74 Å². The summed E-state index contributed by atoms with van der Waals surface area (Å²) < 4.78 is 6.07. The number of carbonyl (C=O) groups excluding carboxylic acids is 1. The Morgan fingerprint density at radius 2 is 1.94 bits per heavy atom. The molecule has 2 aromatic carbocycles. The second-order valence-corrected chi connectivity index (χ2v) is 9.14. The molecule has 0 N–H and O–H groups in total. The molecule has 4 rings (SSSR count). The highest BCUT2D eigenvalue weighted by molar-refractivity contribution is 8.18. The van der Waals surface area contributed by atoms with Crippen LogP contribution >= 0.6 is 23.1 Å². The minimum atomic E-state index is -0.102. The summed E-state index contributed by atoms with van der Waals surface area (Å²) in [6.07, 6.45) is 3.56. The fourth-order valence-corrected chi connectivity index (χ4v) is 4.78. The molecule has 32 heavy (non-hydrogen) atoms. The fraction of sp³-hybridized carbons (Fsp3) is 0.160. The molecular formula is C25H23N3O2S2. The number of thioether (sulfide) groups is 1. The summed E-state index contributed by atoms with van der Waals surface area (Å²) in [6.45, 7) is 8.61. The van der Waals surface area contributed by atoms with Crippen LogP contribution < -0.4 is 4.74 Å². The number of rotatable bonds is 7. The van der Waals surface area contributed by atoms with Crippen LogP contribution in [0.1, 0.15) is 22.4 Å². The van der Waals surface area contributed by atoms with Crippen LogP contribution in [-0.4, -0.2) is 27.5 Å². The van der Waals surface area contributed by atoms with E-state index >= 15 is 0 Å². The molecule has 0 radical (unpaired) electrons. The smallest absolute Gasteiger partial charge is 0.267 e. The highest BCUT2D eigenvalue weighted by Crippen LogP contribution is 2.36. The minimum Gasteiger partial charge on any atom is -0.488 e. The second kappa shape index (κ2) is 9.97. The molecule has 1 aliphatic heterocycles. The van der Waals surface area contributed by atoms with Crippen molar-refractivity contribution in [3.63, 3.8) is 0 Å². The number of carbonyl (C=O) groups is 1. The highest BCUT2D eigenvalue weighted by atomic mass is 32.2. The minimum absolute atomic E-state index is 0.102. The first-order valence-corrected chi connectivity index (χ1v) is 11.8. The van der Waals surface area contributed by atoms with Crippen molar-refractivity contribution >= 4 is 45.4 Å². The van der Waals surface area contributed by atoms with Gasteiger partial charge >= 0.3 is 0 Å². The van der Waals surface area contributed by atoms with E-state index in [9.17, 15) is 4.79 Å². The van der Waals surface area contributed by atoms with E-state index in [0.717, 1.165) is 22.6 Å². The zero-order valence-electron chi connectivity index (χ0n) is 17.9. The third-order valence-electron chi connectivity index (χ3n) is 4.72. The highest BCUT2D eigenvalue weighted by Gasteiger charge is 2.33. The van der Waals surface area contributed by atoms with Gasteiger partial charge in [0.05, 0.1) is 10.6 Å². The van der Waals surface area contributed by atoms with Crippen LogP contribution in [0.5, 0.6) is 5.75 Å². The van der Waals surface area contributed by atoms with Crippen LogP contribution in [0, 0.1) is 13.8 Å². The maximum absolute atomic E-state index is 13.1. The van der Waals surface area contributed by atoms with E-state index in [1.807, 2.05) is 42.6 Å². The van der Waals surface area contributed by atoms with Gasteiger partial charge in [0, 0.05) is 17.5 Å². The molecule has 1 fully saturated rings. The van der Waals surface area contributed by atoms with Crippen molar-refractivity contribution in [3.8, 4) is 5.75 Å². The quantitative estimate of drug-likeness (QED) is 0.314.